The number of hydrogen-bond donors (Lipinski definition) is 0. The van der Waals surface area contributed by atoms with Crippen molar-refractivity contribution >= 4 is 41.1 Å². The van der Waals surface area contributed by atoms with Gasteiger partial charge in [0.25, 0.3) is 0 Å². The number of rotatable bonds is 15. The van der Waals surface area contributed by atoms with Gasteiger partial charge in [-0.1, -0.05) is 182 Å². The van der Waals surface area contributed by atoms with E-state index in [1.54, 1.807) is 0 Å². The standard InChI is InChI=1S/C42H54O2S2Si2/c1-3-39(47-43-41(35-25-13-7-14-26-35)31-19-17-29-37(41)33-21-9-5-10-22-33)45-46-40(4-2)48-44-42(36-27-15-8-16-28-36)32-20-18-30-38(42)34-23-11-6-12-24-34/h5-16,21-28,37-40H,3-4,17-20,29-32,47-48H2,1-2H3. The summed E-state index contributed by atoms with van der Waals surface area (Å²) in [5, 5.41) is 0. The van der Waals surface area contributed by atoms with Crippen LogP contribution in [0, 0.1) is 0 Å². The first kappa shape index (κ1) is 35.7. The van der Waals surface area contributed by atoms with Gasteiger partial charge in [0.15, 0.2) is 19.5 Å². The highest BCUT2D eigenvalue weighted by molar-refractivity contribution is 8.77. The fourth-order valence-electron chi connectivity index (χ4n) is 8.24. The maximum atomic E-state index is 7.42. The van der Waals surface area contributed by atoms with Crippen LogP contribution in [-0.2, 0) is 20.1 Å². The van der Waals surface area contributed by atoms with E-state index < -0.39 is 19.5 Å². The molecule has 0 bridgehead atoms. The van der Waals surface area contributed by atoms with Crippen molar-refractivity contribution in [2.24, 2.45) is 0 Å². The Balaban J connectivity index is 1.16. The second-order valence-corrected chi connectivity index (χ2v) is 21.1. The van der Waals surface area contributed by atoms with Gasteiger partial charge in [-0.05, 0) is 60.8 Å². The average molecular weight is 711 g/mol. The van der Waals surface area contributed by atoms with Gasteiger partial charge in [0, 0.05) is 21.6 Å². The molecule has 6 rings (SSSR count). The second-order valence-electron chi connectivity index (χ2n) is 13.8. The highest BCUT2D eigenvalue weighted by atomic mass is 33.1. The lowest BCUT2D eigenvalue weighted by Gasteiger charge is -2.46. The first-order valence-corrected chi connectivity index (χ1v) is 23.6. The Morgan fingerprint density at radius 2 is 0.896 bits per heavy atom. The van der Waals surface area contributed by atoms with Crippen LogP contribution in [0.5, 0.6) is 0 Å². The molecule has 254 valence electrons. The van der Waals surface area contributed by atoms with Crippen LogP contribution in [0.3, 0.4) is 0 Å². The van der Waals surface area contributed by atoms with Crippen LogP contribution in [-0.4, -0.2) is 29.3 Å². The summed E-state index contributed by atoms with van der Waals surface area (Å²) in [7, 11) is 2.60. The van der Waals surface area contributed by atoms with Gasteiger partial charge < -0.3 is 8.85 Å². The molecule has 6 atom stereocenters. The zero-order valence-electron chi connectivity index (χ0n) is 29.0. The van der Waals surface area contributed by atoms with Crippen molar-refractivity contribution in [1.82, 2.24) is 0 Å². The highest BCUT2D eigenvalue weighted by Crippen LogP contribution is 2.52. The lowest BCUT2D eigenvalue weighted by atomic mass is 9.69. The van der Waals surface area contributed by atoms with Crippen molar-refractivity contribution in [3.05, 3.63) is 144 Å². The summed E-state index contributed by atoms with van der Waals surface area (Å²) in [6.45, 7) is 4.73. The third-order valence-corrected chi connectivity index (χ3v) is 20.7. The van der Waals surface area contributed by atoms with Crippen LogP contribution >= 0.6 is 21.6 Å². The van der Waals surface area contributed by atoms with Gasteiger partial charge in [-0.3, -0.25) is 0 Å². The van der Waals surface area contributed by atoms with Crippen molar-refractivity contribution < 1.29 is 8.85 Å². The largest absolute Gasteiger partial charge is 0.413 e. The summed E-state index contributed by atoms with van der Waals surface area (Å²) < 4.78 is 14.8. The lowest BCUT2D eigenvalue weighted by Crippen LogP contribution is -2.42. The summed E-state index contributed by atoms with van der Waals surface area (Å²) in [5.41, 5.74) is 5.17. The smallest absolute Gasteiger partial charge is 0.176 e. The molecule has 48 heavy (non-hydrogen) atoms. The molecule has 2 fully saturated rings. The van der Waals surface area contributed by atoms with Crippen molar-refractivity contribution in [1.29, 1.82) is 0 Å². The van der Waals surface area contributed by atoms with Crippen molar-refractivity contribution in [3.63, 3.8) is 0 Å². The summed E-state index contributed by atoms with van der Waals surface area (Å²) in [4.78, 5) is 1.15. The van der Waals surface area contributed by atoms with Crippen LogP contribution < -0.4 is 0 Å². The minimum absolute atomic E-state index is 0.219. The fourth-order valence-corrected chi connectivity index (χ4v) is 16.3. The third kappa shape index (κ3) is 8.27. The van der Waals surface area contributed by atoms with Gasteiger partial charge in [0.1, 0.15) is 0 Å². The van der Waals surface area contributed by atoms with E-state index in [-0.39, 0.29) is 11.2 Å². The van der Waals surface area contributed by atoms with Gasteiger partial charge in [-0.2, -0.15) is 0 Å². The summed E-state index contributed by atoms with van der Waals surface area (Å²) >= 11 is 0. The molecule has 0 N–H and O–H groups in total. The van der Waals surface area contributed by atoms with Crippen LogP contribution in [0.1, 0.15) is 112 Å². The van der Waals surface area contributed by atoms with Crippen molar-refractivity contribution in [2.75, 3.05) is 0 Å². The Kier molecular flexibility index (Phi) is 13.2. The van der Waals surface area contributed by atoms with E-state index >= 15 is 0 Å². The Morgan fingerprint density at radius 1 is 0.542 bits per heavy atom. The van der Waals surface area contributed by atoms with Gasteiger partial charge >= 0.3 is 0 Å². The molecule has 2 saturated carbocycles. The van der Waals surface area contributed by atoms with Crippen LogP contribution in [0.25, 0.3) is 0 Å². The average Bonchev–Trinajstić information content (AvgIpc) is 3.17. The molecular weight excluding hydrogens is 657 g/mol. The first-order chi connectivity index (χ1) is 23.7. The normalized spacial score (nSPS) is 26.2. The highest BCUT2D eigenvalue weighted by Gasteiger charge is 2.45. The van der Waals surface area contributed by atoms with Gasteiger partial charge in [0.05, 0.1) is 11.2 Å². The number of benzene rings is 4. The van der Waals surface area contributed by atoms with E-state index in [1.807, 2.05) is 0 Å². The molecule has 6 heteroatoms. The Morgan fingerprint density at radius 3 is 1.25 bits per heavy atom. The van der Waals surface area contributed by atoms with E-state index in [0.29, 0.717) is 21.6 Å². The number of hydrogen-bond acceptors (Lipinski definition) is 4. The third-order valence-electron chi connectivity index (χ3n) is 10.9. The molecule has 4 aromatic carbocycles. The Hall–Kier alpha value is -2.07. The molecular formula is C42H54O2S2Si2. The Bertz CT molecular complexity index is 1380. The quantitative estimate of drug-likeness (QED) is 0.0903. The SMILES string of the molecule is CCC([SiH2]OC1(c2ccccc2)CCCCC1c1ccccc1)SSC(CC)[SiH2]OC1(c2ccccc2)CCCCC1c1ccccc1. The van der Waals surface area contributed by atoms with E-state index in [4.69, 9.17) is 8.85 Å². The molecule has 0 amide bonds. The molecule has 0 radical (unpaired) electrons. The molecule has 0 aromatic heterocycles. The zero-order valence-corrected chi connectivity index (χ0v) is 33.4. The minimum atomic E-state index is -0.821. The van der Waals surface area contributed by atoms with Crippen molar-refractivity contribution in [2.45, 2.75) is 111 Å². The first-order valence-electron chi connectivity index (χ1n) is 18.5. The molecule has 0 aliphatic heterocycles. The molecule has 4 aromatic rings. The van der Waals surface area contributed by atoms with Crippen LogP contribution in [0.15, 0.2) is 121 Å². The lowest BCUT2D eigenvalue weighted by molar-refractivity contribution is 0.00552. The maximum absolute atomic E-state index is 7.42. The van der Waals surface area contributed by atoms with Crippen molar-refractivity contribution in [3.8, 4) is 0 Å². The van der Waals surface area contributed by atoms with E-state index in [1.165, 1.54) is 60.8 Å². The fraction of sp³-hybridized carbons (Fsp3) is 0.429. The van der Waals surface area contributed by atoms with Crippen LogP contribution in [0.2, 0.25) is 0 Å². The Labute approximate surface area is 302 Å². The molecule has 0 spiro atoms. The van der Waals surface area contributed by atoms with E-state index in [0.717, 1.165) is 25.7 Å². The minimum Gasteiger partial charge on any atom is -0.413 e. The summed E-state index contributed by atoms with van der Waals surface area (Å²) in [5.74, 6) is 0.813. The topological polar surface area (TPSA) is 18.5 Å². The summed E-state index contributed by atoms with van der Waals surface area (Å²) in [6.07, 6.45) is 12.0. The molecule has 0 saturated heterocycles. The van der Waals surface area contributed by atoms with E-state index in [9.17, 15) is 0 Å². The van der Waals surface area contributed by atoms with Gasteiger partial charge in [0.2, 0.25) is 0 Å². The predicted octanol–water partition coefficient (Wildman–Crippen LogP) is 10.5. The van der Waals surface area contributed by atoms with Gasteiger partial charge in [-0.15, -0.1) is 0 Å². The molecule has 2 nitrogen and oxygen atoms in total. The van der Waals surface area contributed by atoms with E-state index in [2.05, 4.69) is 157 Å². The molecule has 0 heterocycles. The zero-order chi connectivity index (χ0) is 33.1. The maximum Gasteiger partial charge on any atom is 0.176 e. The van der Waals surface area contributed by atoms with Crippen LogP contribution in [0.4, 0.5) is 0 Å². The van der Waals surface area contributed by atoms with Gasteiger partial charge in [-0.25, -0.2) is 0 Å². The molecule has 6 unspecified atom stereocenters. The predicted molar refractivity (Wildman–Crippen MR) is 214 cm³/mol. The summed E-state index contributed by atoms with van der Waals surface area (Å²) in [6, 6.07) is 44.8. The molecule has 2 aliphatic rings. The monoisotopic (exact) mass is 710 g/mol. The second kappa shape index (κ2) is 17.7. The molecule has 2 aliphatic carbocycles.